The lowest BCUT2D eigenvalue weighted by Gasteiger charge is -2.10. The molecule has 1 saturated carbocycles. The quantitative estimate of drug-likeness (QED) is 0.823. The minimum absolute atomic E-state index is 0.0269. The van der Waals surface area contributed by atoms with E-state index in [0.717, 1.165) is 24.3 Å². The summed E-state index contributed by atoms with van der Waals surface area (Å²) < 4.78 is 0. The summed E-state index contributed by atoms with van der Waals surface area (Å²) in [4.78, 5) is 11.9. The molecule has 0 heterocycles. The van der Waals surface area contributed by atoms with Crippen molar-refractivity contribution >= 4 is 12.0 Å². The third kappa shape index (κ3) is 3.95. The standard InChI is InChI=1S/C17H23NO/c1-12-4-6-15(14(3)10-12)7-9-17(19)18-16-8-5-13(2)11-16/h4,6-7,9-10,13,16H,5,8,11H2,1-3H3,(H,18,19)/b9-7+. The predicted molar refractivity (Wildman–Crippen MR) is 79.9 cm³/mol. The normalized spacial score (nSPS) is 22.9. The van der Waals surface area contributed by atoms with Crippen LogP contribution in [-0.4, -0.2) is 11.9 Å². The van der Waals surface area contributed by atoms with Crippen molar-refractivity contribution in [2.75, 3.05) is 0 Å². The van der Waals surface area contributed by atoms with E-state index in [4.69, 9.17) is 0 Å². The van der Waals surface area contributed by atoms with Gasteiger partial charge in [-0.15, -0.1) is 0 Å². The molecule has 0 bridgehead atoms. The number of aryl methyl sites for hydroxylation is 2. The van der Waals surface area contributed by atoms with E-state index < -0.39 is 0 Å². The number of hydrogen-bond donors (Lipinski definition) is 1. The van der Waals surface area contributed by atoms with Crippen LogP contribution in [0, 0.1) is 19.8 Å². The summed E-state index contributed by atoms with van der Waals surface area (Å²) in [5.41, 5.74) is 3.57. The number of carbonyl (C=O) groups is 1. The number of rotatable bonds is 3. The Kier molecular flexibility index (Phi) is 4.41. The first-order valence-corrected chi connectivity index (χ1v) is 7.10. The van der Waals surface area contributed by atoms with Crippen molar-refractivity contribution in [1.29, 1.82) is 0 Å². The number of benzene rings is 1. The number of hydrogen-bond acceptors (Lipinski definition) is 1. The minimum atomic E-state index is 0.0269. The SMILES string of the molecule is Cc1ccc(/C=C/C(=O)NC2CCC(C)C2)c(C)c1. The Balaban J connectivity index is 1.92. The molecule has 1 aromatic carbocycles. The van der Waals surface area contributed by atoms with Crippen LogP contribution in [0.2, 0.25) is 0 Å². The van der Waals surface area contributed by atoms with E-state index in [1.54, 1.807) is 6.08 Å². The monoisotopic (exact) mass is 257 g/mol. The van der Waals surface area contributed by atoms with Gasteiger partial charge in [-0.25, -0.2) is 0 Å². The first-order valence-electron chi connectivity index (χ1n) is 7.10. The van der Waals surface area contributed by atoms with Gasteiger partial charge in [0.1, 0.15) is 0 Å². The second kappa shape index (κ2) is 6.05. The molecule has 0 radical (unpaired) electrons. The lowest BCUT2D eigenvalue weighted by Crippen LogP contribution is -2.31. The summed E-state index contributed by atoms with van der Waals surface area (Å²) in [6.45, 7) is 6.40. The molecule has 0 spiro atoms. The largest absolute Gasteiger partial charge is 0.350 e. The van der Waals surface area contributed by atoms with E-state index in [1.165, 1.54) is 17.5 Å². The lowest BCUT2D eigenvalue weighted by atomic mass is 10.1. The van der Waals surface area contributed by atoms with E-state index in [-0.39, 0.29) is 5.91 Å². The van der Waals surface area contributed by atoms with Gasteiger partial charge in [0.05, 0.1) is 0 Å². The third-order valence-electron chi connectivity index (χ3n) is 3.88. The summed E-state index contributed by atoms with van der Waals surface area (Å²) in [5, 5.41) is 3.08. The second-order valence-electron chi connectivity index (χ2n) is 5.82. The summed E-state index contributed by atoms with van der Waals surface area (Å²) >= 11 is 0. The van der Waals surface area contributed by atoms with Crippen LogP contribution in [0.5, 0.6) is 0 Å². The second-order valence-corrected chi connectivity index (χ2v) is 5.82. The molecule has 0 aromatic heterocycles. The first-order chi connectivity index (χ1) is 9.04. The number of amides is 1. The third-order valence-corrected chi connectivity index (χ3v) is 3.88. The molecule has 0 aliphatic heterocycles. The topological polar surface area (TPSA) is 29.1 Å². The Morgan fingerprint density at radius 1 is 1.32 bits per heavy atom. The molecule has 1 fully saturated rings. The Bertz CT molecular complexity index is 490. The molecular weight excluding hydrogens is 234 g/mol. The highest BCUT2D eigenvalue weighted by atomic mass is 16.1. The Morgan fingerprint density at radius 2 is 2.11 bits per heavy atom. The van der Waals surface area contributed by atoms with Crippen LogP contribution in [0.3, 0.4) is 0 Å². The van der Waals surface area contributed by atoms with Gasteiger partial charge < -0.3 is 5.32 Å². The summed E-state index contributed by atoms with van der Waals surface area (Å²) in [7, 11) is 0. The van der Waals surface area contributed by atoms with Crippen molar-refractivity contribution in [3.8, 4) is 0 Å². The van der Waals surface area contributed by atoms with Crippen LogP contribution < -0.4 is 5.32 Å². The number of nitrogens with one attached hydrogen (secondary N) is 1. The Labute approximate surface area is 115 Å². The van der Waals surface area contributed by atoms with Gasteiger partial charge in [-0.1, -0.05) is 30.7 Å². The van der Waals surface area contributed by atoms with Gasteiger partial charge in [-0.3, -0.25) is 4.79 Å². The van der Waals surface area contributed by atoms with E-state index in [0.29, 0.717) is 6.04 Å². The Hall–Kier alpha value is -1.57. The van der Waals surface area contributed by atoms with E-state index >= 15 is 0 Å². The van der Waals surface area contributed by atoms with Gasteiger partial charge in [0.2, 0.25) is 5.91 Å². The minimum Gasteiger partial charge on any atom is -0.350 e. The molecule has 2 nitrogen and oxygen atoms in total. The van der Waals surface area contributed by atoms with Crippen LogP contribution in [0.25, 0.3) is 6.08 Å². The fourth-order valence-corrected chi connectivity index (χ4v) is 2.77. The summed E-state index contributed by atoms with van der Waals surface area (Å²) in [6, 6.07) is 6.64. The molecule has 0 saturated heterocycles. The highest BCUT2D eigenvalue weighted by Crippen LogP contribution is 2.24. The molecule has 1 aromatic rings. The molecule has 19 heavy (non-hydrogen) atoms. The molecule has 1 N–H and O–H groups in total. The van der Waals surface area contributed by atoms with Crippen molar-refractivity contribution in [3.63, 3.8) is 0 Å². The van der Waals surface area contributed by atoms with Crippen molar-refractivity contribution in [3.05, 3.63) is 41.0 Å². The van der Waals surface area contributed by atoms with Crippen LogP contribution in [0.1, 0.15) is 42.9 Å². The zero-order valence-electron chi connectivity index (χ0n) is 12.1. The van der Waals surface area contributed by atoms with Crippen molar-refractivity contribution in [2.24, 2.45) is 5.92 Å². The van der Waals surface area contributed by atoms with Gasteiger partial charge in [-0.05, 0) is 56.2 Å². The van der Waals surface area contributed by atoms with Crippen LogP contribution in [-0.2, 0) is 4.79 Å². The molecule has 1 aliphatic carbocycles. The van der Waals surface area contributed by atoms with Crippen molar-refractivity contribution in [1.82, 2.24) is 5.32 Å². The van der Waals surface area contributed by atoms with Crippen molar-refractivity contribution < 1.29 is 4.79 Å². The molecule has 1 aliphatic rings. The fraction of sp³-hybridized carbons (Fsp3) is 0.471. The maximum absolute atomic E-state index is 11.9. The molecule has 2 rings (SSSR count). The average Bonchev–Trinajstić information content (AvgIpc) is 2.73. The maximum atomic E-state index is 11.9. The zero-order chi connectivity index (χ0) is 13.8. The smallest absolute Gasteiger partial charge is 0.244 e. The van der Waals surface area contributed by atoms with Gasteiger partial charge in [0.15, 0.2) is 0 Å². The zero-order valence-corrected chi connectivity index (χ0v) is 12.1. The summed E-state index contributed by atoms with van der Waals surface area (Å²) in [6.07, 6.45) is 7.02. The first kappa shape index (κ1) is 13.9. The highest BCUT2D eigenvalue weighted by molar-refractivity contribution is 5.92. The predicted octanol–water partition coefficient (Wildman–Crippen LogP) is 3.62. The molecule has 1 amide bonds. The van der Waals surface area contributed by atoms with Crippen LogP contribution in [0.4, 0.5) is 0 Å². The van der Waals surface area contributed by atoms with Gasteiger partial charge in [0, 0.05) is 12.1 Å². The number of carbonyl (C=O) groups excluding carboxylic acids is 1. The highest BCUT2D eigenvalue weighted by Gasteiger charge is 2.21. The van der Waals surface area contributed by atoms with E-state index in [1.807, 2.05) is 6.08 Å². The molecule has 2 heteroatoms. The molecular formula is C17H23NO. The fourth-order valence-electron chi connectivity index (χ4n) is 2.77. The van der Waals surface area contributed by atoms with E-state index in [9.17, 15) is 4.79 Å². The molecule has 102 valence electrons. The van der Waals surface area contributed by atoms with Crippen LogP contribution in [0.15, 0.2) is 24.3 Å². The van der Waals surface area contributed by atoms with Gasteiger partial charge >= 0.3 is 0 Å². The van der Waals surface area contributed by atoms with Gasteiger partial charge in [0.25, 0.3) is 0 Å². The molecule has 2 unspecified atom stereocenters. The lowest BCUT2D eigenvalue weighted by molar-refractivity contribution is -0.117. The molecule has 2 atom stereocenters. The van der Waals surface area contributed by atoms with Crippen LogP contribution >= 0.6 is 0 Å². The average molecular weight is 257 g/mol. The van der Waals surface area contributed by atoms with E-state index in [2.05, 4.69) is 44.3 Å². The van der Waals surface area contributed by atoms with Crippen molar-refractivity contribution in [2.45, 2.75) is 46.1 Å². The summed E-state index contributed by atoms with van der Waals surface area (Å²) in [5.74, 6) is 0.771. The maximum Gasteiger partial charge on any atom is 0.244 e. The van der Waals surface area contributed by atoms with Gasteiger partial charge in [-0.2, -0.15) is 0 Å². The Morgan fingerprint density at radius 3 is 2.74 bits per heavy atom.